The van der Waals surface area contributed by atoms with Gasteiger partial charge in [0, 0.05) is 18.8 Å². The lowest BCUT2D eigenvalue weighted by Crippen LogP contribution is -2.29. The van der Waals surface area contributed by atoms with E-state index in [1.165, 1.54) is 17.7 Å². The van der Waals surface area contributed by atoms with Gasteiger partial charge in [0.25, 0.3) is 0 Å². The van der Waals surface area contributed by atoms with Crippen molar-refractivity contribution >= 4 is 5.69 Å². The van der Waals surface area contributed by atoms with Crippen LogP contribution in [0.25, 0.3) is 0 Å². The molecule has 0 fully saturated rings. The summed E-state index contributed by atoms with van der Waals surface area (Å²) in [7, 11) is 0. The third-order valence-electron chi connectivity index (χ3n) is 3.67. The Hall–Kier alpha value is -1.97. The molecular weight excluding hydrogens is 275 g/mol. The number of anilines is 1. The van der Waals surface area contributed by atoms with E-state index in [2.05, 4.69) is 17.4 Å². The minimum atomic E-state index is -4.29. The number of hydrogen-bond donors (Lipinski definition) is 0. The highest BCUT2D eigenvalue weighted by Gasteiger charge is 2.30. The average molecular weight is 290 g/mol. The van der Waals surface area contributed by atoms with Gasteiger partial charge in [0.15, 0.2) is 0 Å². The molecular formula is C17H15F3N. The number of hydrogen-bond acceptors (Lipinski definition) is 1. The minimum Gasteiger partial charge on any atom is -0.367 e. The molecule has 0 spiro atoms. The van der Waals surface area contributed by atoms with Gasteiger partial charge in [-0.2, -0.15) is 13.2 Å². The molecule has 1 radical (unpaired) electrons. The number of rotatable bonds is 2. The number of alkyl halides is 3. The first kappa shape index (κ1) is 14.0. The fraction of sp³-hybridized carbons (Fsp3) is 0.235. The molecule has 0 bridgehead atoms. The molecule has 1 aliphatic heterocycles. The van der Waals surface area contributed by atoms with Crippen molar-refractivity contribution < 1.29 is 13.2 Å². The Morgan fingerprint density at radius 3 is 2.62 bits per heavy atom. The molecule has 3 rings (SSSR count). The standard InChI is InChI=1S/C17H15F3N/c18-17(19,20)15-8-3-5-13(11-15)12-21-10-4-7-14-6-1-2-9-16(14)21/h1-6,8-9,11H,7,10,12H2. The molecule has 1 heterocycles. The van der Waals surface area contributed by atoms with Crippen LogP contribution in [0.1, 0.15) is 16.7 Å². The molecule has 21 heavy (non-hydrogen) atoms. The van der Waals surface area contributed by atoms with Gasteiger partial charge in [0.1, 0.15) is 0 Å². The van der Waals surface area contributed by atoms with Gasteiger partial charge in [-0.3, -0.25) is 0 Å². The van der Waals surface area contributed by atoms with Crippen molar-refractivity contribution in [1.82, 2.24) is 0 Å². The van der Waals surface area contributed by atoms with Crippen LogP contribution in [0.4, 0.5) is 18.9 Å². The number of benzene rings is 2. The zero-order valence-corrected chi connectivity index (χ0v) is 11.4. The van der Waals surface area contributed by atoms with Crippen molar-refractivity contribution in [2.75, 3.05) is 11.4 Å². The van der Waals surface area contributed by atoms with Crippen LogP contribution >= 0.6 is 0 Å². The van der Waals surface area contributed by atoms with Crippen molar-refractivity contribution in [3.63, 3.8) is 0 Å². The molecule has 2 aromatic carbocycles. The molecule has 0 unspecified atom stereocenters. The molecule has 0 amide bonds. The van der Waals surface area contributed by atoms with Gasteiger partial charge in [0.2, 0.25) is 0 Å². The SMILES string of the molecule is FC(F)(F)c1cccc(CN2C[CH]Cc3ccccc32)c1. The summed E-state index contributed by atoms with van der Waals surface area (Å²) < 4.78 is 38.3. The number of halogens is 3. The molecule has 0 atom stereocenters. The molecule has 0 saturated carbocycles. The van der Waals surface area contributed by atoms with Crippen LogP contribution < -0.4 is 4.90 Å². The van der Waals surface area contributed by atoms with Crippen LogP contribution in [0.2, 0.25) is 0 Å². The van der Waals surface area contributed by atoms with E-state index in [0.717, 1.165) is 24.7 Å². The van der Waals surface area contributed by atoms with E-state index in [4.69, 9.17) is 0 Å². The van der Waals surface area contributed by atoms with Crippen molar-refractivity contribution in [1.29, 1.82) is 0 Å². The lowest BCUT2D eigenvalue weighted by Gasteiger charge is -2.31. The normalized spacial score (nSPS) is 14.9. The molecule has 0 saturated heterocycles. The first-order valence-electron chi connectivity index (χ1n) is 6.85. The Balaban J connectivity index is 1.85. The van der Waals surface area contributed by atoms with E-state index in [-0.39, 0.29) is 0 Å². The Kier molecular flexibility index (Phi) is 3.62. The van der Waals surface area contributed by atoms with Gasteiger partial charge in [0.05, 0.1) is 5.56 Å². The fourth-order valence-corrected chi connectivity index (χ4v) is 2.68. The summed E-state index contributed by atoms with van der Waals surface area (Å²) in [5.41, 5.74) is 2.41. The molecule has 0 aliphatic carbocycles. The quantitative estimate of drug-likeness (QED) is 0.788. The van der Waals surface area contributed by atoms with Crippen molar-refractivity contribution in [2.24, 2.45) is 0 Å². The summed E-state index contributed by atoms with van der Waals surface area (Å²) in [6.07, 6.45) is -1.23. The molecule has 0 aromatic heterocycles. The smallest absolute Gasteiger partial charge is 0.367 e. The molecule has 1 aliphatic rings. The number of fused-ring (bicyclic) bond motifs is 1. The van der Waals surface area contributed by atoms with E-state index < -0.39 is 11.7 Å². The lowest BCUT2D eigenvalue weighted by molar-refractivity contribution is -0.137. The maximum absolute atomic E-state index is 12.8. The Morgan fingerprint density at radius 1 is 1.00 bits per heavy atom. The Morgan fingerprint density at radius 2 is 1.81 bits per heavy atom. The van der Waals surface area contributed by atoms with E-state index >= 15 is 0 Å². The summed E-state index contributed by atoms with van der Waals surface area (Å²) in [5, 5.41) is 0. The van der Waals surface area contributed by atoms with Gasteiger partial charge >= 0.3 is 6.18 Å². The Bertz CT molecular complexity index is 634. The van der Waals surface area contributed by atoms with Gasteiger partial charge in [-0.1, -0.05) is 30.3 Å². The highest BCUT2D eigenvalue weighted by atomic mass is 19.4. The number of para-hydroxylation sites is 1. The van der Waals surface area contributed by atoms with Crippen LogP contribution in [-0.4, -0.2) is 6.54 Å². The second-order valence-electron chi connectivity index (χ2n) is 5.20. The van der Waals surface area contributed by atoms with Gasteiger partial charge in [-0.25, -0.2) is 0 Å². The lowest BCUT2D eigenvalue weighted by atomic mass is 10.0. The number of nitrogens with zero attached hydrogens (tertiary/aromatic N) is 1. The molecule has 109 valence electrons. The molecule has 1 nitrogen and oxygen atoms in total. The van der Waals surface area contributed by atoms with E-state index in [1.54, 1.807) is 6.07 Å². The third kappa shape index (κ3) is 3.04. The summed E-state index contributed by atoms with van der Waals surface area (Å²) >= 11 is 0. The maximum Gasteiger partial charge on any atom is 0.416 e. The van der Waals surface area contributed by atoms with Crippen LogP contribution in [0, 0.1) is 6.42 Å². The monoisotopic (exact) mass is 290 g/mol. The zero-order valence-electron chi connectivity index (χ0n) is 11.4. The molecule has 0 N–H and O–H groups in total. The van der Waals surface area contributed by atoms with Gasteiger partial charge < -0.3 is 4.90 Å². The highest BCUT2D eigenvalue weighted by molar-refractivity contribution is 5.57. The summed E-state index contributed by atoms with van der Waals surface area (Å²) in [6.45, 7) is 1.24. The second kappa shape index (κ2) is 5.43. The first-order chi connectivity index (χ1) is 10.0. The summed E-state index contributed by atoms with van der Waals surface area (Å²) in [6, 6.07) is 13.6. The largest absolute Gasteiger partial charge is 0.416 e. The van der Waals surface area contributed by atoms with Crippen LogP contribution in [-0.2, 0) is 19.1 Å². The van der Waals surface area contributed by atoms with Crippen molar-refractivity contribution in [2.45, 2.75) is 19.1 Å². The van der Waals surface area contributed by atoms with Gasteiger partial charge in [-0.15, -0.1) is 0 Å². The fourth-order valence-electron chi connectivity index (χ4n) is 2.68. The van der Waals surface area contributed by atoms with Crippen LogP contribution in [0.15, 0.2) is 48.5 Å². The zero-order chi connectivity index (χ0) is 14.9. The van der Waals surface area contributed by atoms with E-state index in [1.807, 2.05) is 18.2 Å². The van der Waals surface area contributed by atoms with Gasteiger partial charge in [-0.05, 0) is 42.2 Å². The van der Waals surface area contributed by atoms with Crippen molar-refractivity contribution in [3.8, 4) is 0 Å². The highest BCUT2D eigenvalue weighted by Crippen LogP contribution is 2.31. The first-order valence-corrected chi connectivity index (χ1v) is 6.85. The summed E-state index contributed by atoms with van der Waals surface area (Å²) in [4.78, 5) is 2.11. The predicted octanol–water partition coefficient (Wildman–Crippen LogP) is 4.47. The van der Waals surface area contributed by atoms with Crippen LogP contribution in [0.3, 0.4) is 0 Å². The van der Waals surface area contributed by atoms with Crippen LogP contribution in [0.5, 0.6) is 0 Å². The van der Waals surface area contributed by atoms with E-state index in [0.29, 0.717) is 12.1 Å². The average Bonchev–Trinajstić information content (AvgIpc) is 2.47. The minimum absolute atomic E-state index is 0.484. The third-order valence-corrected chi connectivity index (χ3v) is 3.67. The molecule has 2 aromatic rings. The van der Waals surface area contributed by atoms with E-state index in [9.17, 15) is 13.2 Å². The molecule has 4 heteroatoms. The maximum atomic E-state index is 12.8. The second-order valence-corrected chi connectivity index (χ2v) is 5.20. The Labute approximate surface area is 122 Å². The van der Waals surface area contributed by atoms with Crippen molar-refractivity contribution in [3.05, 3.63) is 71.6 Å². The summed E-state index contributed by atoms with van der Waals surface area (Å²) in [5.74, 6) is 0. The predicted molar refractivity (Wildman–Crippen MR) is 76.9 cm³/mol. The topological polar surface area (TPSA) is 3.24 Å².